The summed E-state index contributed by atoms with van der Waals surface area (Å²) in [6.07, 6.45) is 1.63. The maximum absolute atomic E-state index is 4.44. The summed E-state index contributed by atoms with van der Waals surface area (Å²) in [5.74, 6) is 0.913. The average molecular weight is 390 g/mol. The first-order valence-corrected chi connectivity index (χ1v) is 10.1. The van der Waals surface area contributed by atoms with Crippen molar-refractivity contribution in [1.82, 2.24) is 9.97 Å². The molecule has 0 fully saturated rings. The molecule has 0 bridgehead atoms. The second kappa shape index (κ2) is 6.39. The number of benzene rings is 2. The number of halogens is 1. The molecule has 1 aromatic heterocycles. The number of alkyl halides is 1. The molecule has 0 radical (unpaired) electrons. The van der Waals surface area contributed by atoms with Crippen LogP contribution in [0.2, 0.25) is 0 Å². The van der Waals surface area contributed by atoms with Crippen molar-refractivity contribution < 1.29 is 21.2 Å². The summed E-state index contributed by atoms with van der Waals surface area (Å²) in [5.41, 5.74) is 2.25. The van der Waals surface area contributed by atoms with E-state index in [1.807, 2.05) is 6.07 Å². The summed E-state index contributed by atoms with van der Waals surface area (Å²) in [6, 6.07) is 17.1. The van der Waals surface area contributed by atoms with E-state index in [1.165, 1.54) is 9.13 Å². The van der Waals surface area contributed by atoms with Crippen LogP contribution in [0.1, 0.15) is 18.5 Å². The first kappa shape index (κ1) is 14.3. The van der Waals surface area contributed by atoms with Gasteiger partial charge >= 0.3 is 135 Å². The van der Waals surface area contributed by atoms with Crippen LogP contribution in [-0.4, -0.2) is 14.9 Å². The van der Waals surface area contributed by atoms with Gasteiger partial charge in [0, 0.05) is 0 Å². The molecule has 21 heavy (non-hydrogen) atoms. The minimum absolute atomic E-state index is 0.0728. The van der Waals surface area contributed by atoms with Crippen molar-refractivity contribution >= 4 is 16.7 Å². The number of fused-ring (bicyclic) bond motifs is 1. The molecule has 1 unspecified atom stereocenters. The van der Waals surface area contributed by atoms with Gasteiger partial charge in [0.1, 0.15) is 0 Å². The van der Waals surface area contributed by atoms with Gasteiger partial charge in [-0.05, 0) is 0 Å². The van der Waals surface area contributed by atoms with Crippen molar-refractivity contribution in [2.45, 2.75) is 13.0 Å². The molecule has 108 valence electrons. The quantitative estimate of drug-likeness (QED) is 0.527. The van der Waals surface area contributed by atoms with Gasteiger partial charge in [-0.2, -0.15) is 0 Å². The molecule has 0 aliphatic carbocycles. The fourth-order valence-corrected chi connectivity index (χ4v) is 3.45. The van der Waals surface area contributed by atoms with Crippen LogP contribution in [0.15, 0.2) is 54.9 Å². The molecule has 0 saturated carbocycles. The monoisotopic (exact) mass is 390 g/mol. The second-order valence-corrected chi connectivity index (χ2v) is 7.17. The standard InChI is InChI=1S/C17H17IN3/c1-12(13-6-4-3-5-7-13)21-17-15-10-14(18-2)8-9-16(15)19-11-20-17/h3-12H,1-2H3,(H,19,20,21)/q-1. The Morgan fingerprint density at radius 1 is 1.05 bits per heavy atom. The second-order valence-electron chi connectivity index (χ2n) is 4.85. The minimum atomic E-state index is 0.0728. The molecule has 0 amide bonds. The Morgan fingerprint density at radius 2 is 1.86 bits per heavy atom. The fourth-order valence-electron chi connectivity index (χ4n) is 2.29. The summed E-state index contributed by atoms with van der Waals surface area (Å²) >= 11 is 0.0728. The Kier molecular flexibility index (Phi) is 4.34. The Bertz CT molecular complexity index is 743. The van der Waals surface area contributed by atoms with Crippen LogP contribution in [0.3, 0.4) is 0 Å². The predicted octanol–water partition coefficient (Wildman–Crippen LogP) is 0.691. The molecule has 1 atom stereocenters. The molecule has 1 N–H and O–H groups in total. The molecule has 3 nitrogen and oxygen atoms in total. The molecule has 3 rings (SSSR count). The van der Waals surface area contributed by atoms with Crippen molar-refractivity contribution in [1.29, 1.82) is 0 Å². The summed E-state index contributed by atoms with van der Waals surface area (Å²) in [5, 5.41) is 4.62. The Labute approximate surface area is 135 Å². The maximum atomic E-state index is 4.44. The van der Waals surface area contributed by atoms with E-state index in [9.17, 15) is 0 Å². The van der Waals surface area contributed by atoms with Gasteiger partial charge in [0.05, 0.1) is 0 Å². The molecule has 0 aliphatic rings. The van der Waals surface area contributed by atoms with Crippen LogP contribution in [0.5, 0.6) is 0 Å². The third kappa shape index (κ3) is 3.15. The van der Waals surface area contributed by atoms with E-state index in [-0.39, 0.29) is 27.2 Å². The van der Waals surface area contributed by atoms with E-state index >= 15 is 0 Å². The SMILES string of the molecule is C[I-]c1ccc2ncnc(NC(C)c3ccccc3)c2c1. The first-order valence-electron chi connectivity index (χ1n) is 6.83. The molecule has 1 heterocycles. The molecular formula is C17H17IN3-. The Balaban J connectivity index is 1.96. The summed E-state index contributed by atoms with van der Waals surface area (Å²) < 4.78 is 1.41. The van der Waals surface area contributed by atoms with E-state index in [0.717, 1.165) is 16.7 Å². The van der Waals surface area contributed by atoms with Crippen LogP contribution in [0.25, 0.3) is 10.9 Å². The molecule has 3 aromatic rings. The Morgan fingerprint density at radius 3 is 2.62 bits per heavy atom. The normalized spacial score (nSPS) is 12.5. The van der Waals surface area contributed by atoms with Gasteiger partial charge in [0.2, 0.25) is 0 Å². The molecule has 0 saturated heterocycles. The van der Waals surface area contributed by atoms with Gasteiger partial charge < -0.3 is 0 Å². The van der Waals surface area contributed by atoms with E-state index < -0.39 is 0 Å². The van der Waals surface area contributed by atoms with Gasteiger partial charge in [-0.15, -0.1) is 0 Å². The van der Waals surface area contributed by atoms with Crippen molar-refractivity contribution in [2.75, 3.05) is 10.2 Å². The van der Waals surface area contributed by atoms with E-state index in [2.05, 4.69) is 69.6 Å². The number of aromatic nitrogens is 2. The van der Waals surface area contributed by atoms with Crippen molar-refractivity contribution in [3.8, 4) is 0 Å². The van der Waals surface area contributed by atoms with E-state index in [0.29, 0.717) is 0 Å². The fraction of sp³-hybridized carbons (Fsp3) is 0.176. The van der Waals surface area contributed by atoms with Crippen LogP contribution in [0, 0.1) is 3.57 Å². The van der Waals surface area contributed by atoms with Gasteiger partial charge in [-0.3, -0.25) is 0 Å². The van der Waals surface area contributed by atoms with Crippen LogP contribution in [-0.2, 0) is 0 Å². The summed E-state index contributed by atoms with van der Waals surface area (Å²) in [4.78, 5) is 11.1. The van der Waals surface area contributed by atoms with Crippen LogP contribution in [0.4, 0.5) is 5.82 Å². The molecule has 4 heteroatoms. The van der Waals surface area contributed by atoms with Gasteiger partial charge in [-0.1, -0.05) is 0 Å². The number of anilines is 1. The summed E-state index contributed by atoms with van der Waals surface area (Å²) in [7, 11) is 0. The van der Waals surface area contributed by atoms with E-state index in [4.69, 9.17) is 0 Å². The molecule has 0 aliphatic heterocycles. The van der Waals surface area contributed by atoms with Crippen LogP contribution < -0.4 is 26.5 Å². The molecular weight excluding hydrogens is 373 g/mol. The molecule has 0 spiro atoms. The van der Waals surface area contributed by atoms with Crippen LogP contribution >= 0.6 is 0 Å². The zero-order valence-electron chi connectivity index (χ0n) is 12.0. The average Bonchev–Trinajstić information content (AvgIpc) is 2.55. The van der Waals surface area contributed by atoms with Crippen molar-refractivity contribution in [2.24, 2.45) is 0 Å². The number of nitrogens with zero attached hydrogens (tertiary/aromatic N) is 2. The third-order valence-electron chi connectivity index (χ3n) is 3.47. The third-order valence-corrected chi connectivity index (χ3v) is 5.39. The zero-order valence-corrected chi connectivity index (χ0v) is 14.2. The number of hydrogen-bond acceptors (Lipinski definition) is 3. The first-order chi connectivity index (χ1) is 10.3. The number of hydrogen-bond donors (Lipinski definition) is 1. The number of rotatable bonds is 4. The summed E-state index contributed by atoms with van der Waals surface area (Å²) in [6.45, 7) is 2.15. The predicted molar refractivity (Wildman–Crippen MR) is 82.6 cm³/mol. The van der Waals surface area contributed by atoms with E-state index in [1.54, 1.807) is 6.33 Å². The van der Waals surface area contributed by atoms with Gasteiger partial charge in [0.15, 0.2) is 0 Å². The molecule has 2 aromatic carbocycles. The topological polar surface area (TPSA) is 37.8 Å². The zero-order chi connectivity index (χ0) is 14.7. The van der Waals surface area contributed by atoms with Gasteiger partial charge in [-0.25, -0.2) is 0 Å². The van der Waals surface area contributed by atoms with Crippen molar-refractivity contribution in [3.05, 3.63) is 64.0 Å². The Hall–Kier alpha value is -1.69. The van der Waals surface area contributed by atoms with Crippen molar-refractivity contribution in [3.63, 3.8) is 0 Å². The van der Waals surface area contributed by atoms with Gasteiger partial charge in [0.25, 0.3) is 0 Å². The number of nitrogens with one attached hydrogen (secondary N) is 1.